The molecule has 102 valence electrons. The van der Waals surface area contributed by atoms with Crippen LogP contribution in [0.3, 0.4) is 0 Å². The molecule has 1 aromatic carbocycles. The Balaban J connectivity index is 1.87. The number of hydrogen-bond acceptors (Lipinski definition) is 4. The van der Waals surface area contributed by atoms with Gasteiger partial charge in [0.25, 0.3) is 0 Å². The summed E-state index contributed by atoms with van der Waals surface area (Å²) < 4.78 is 0. The molecule has 0 aliphatic rings. The zero-order chi connectivity index (χ0) is 14.4. The van der Waals surface area contributed by atoms with E-state index in [0.717, 1.165) is 11.1 Å². The molecule has 1 aromatic heterocycles. The fourth-order valence-corrected chi connectivity index (χ4v) is 1.94. The molecule has 1 unspecified atom stereocenters. The largest absolute Gasteiger partial charge is 0.387 e. The first-order chi connectivity index (χ1) is 9.70. The summed E-state index contributed by atoms with van der Waals surface area (Å²) in [6, 6.07) is 11.0. The van der Waals surface area contributed by atoms with Gasteiger partial charge in [0.1, 0.15) is 0 Å². The number of benzene rings is 1. The van der Waals surface area contributed by atoms with Gasteiger partial charge in [0.2, 0.25) is 0 Å². The highest BCUT2D eigenvalue weighted by Gasteiger charge is 2.07. The normalized spacial score (nSPS) is 11.8. The van der Waals surface area contributed by atoms with Crippen molar-refractivity contribution < 1.29 is 5.11 Å². The summed E-state index contributed by atoms with van der Waals surface area (Å²) in [5.41, 5.74) is 3.71. The smallest absolute Gasteiger partial charge is 0.0991 e. The molecule has 4 heteroatoms. The van der Waals surface area contributed by atoms with Crippen LogP contribution in [0, 0.1) is 18.3 Å². The van der Waals surface area contributed by atoms with Crippen LogP contribution in [-0.2, 0) is 6.54 Å². The number of aliphatic hydroxyl groups is 1. The van der Waals surface area contributed by atoms with Crippen LogP contribution in [0.1, 0.15) is 28.4 Å². The highest BCUT2D eigenvalue weighted by molar-refractivity contribution is 5.32. The van der Waals surface area contributed by atoms with Crippen LogP contribution < -0.4 is 5.32 Å². The summed E-state index contributed by atoms with van der Waals surface area (Å²) in [5, 5.41) is 22.0. The summed E-state index contributed by atoms with van der Waals surface area (Å²) in [6.07, 6.45) is 3.01. The minimum Gasteiger partial charge on any atom is -0.387 e. The third-order valence-electron chi connectivity index (χ3n) is 3.21. The molecular weight excluding hydrogens is 250 g/mol. The topological polar surface area (TPSA) is 68.9 Å². The summed E-state index contributed by atoms with van der Waals surface area (Å²) >= 11 is 0. The summed E-state index contributed by atoms with van der Waals surface area (Å²) in [6.45, 7) is 3.18. The molecule has 20 heavy (non-hydrogen) atoms. The fraction of sp³-hybridized carbons (Fsp3) is 0.250. The Morgan fingerprint density at radius 3 is 2.70 bits per heavy atom. The second kappa shape index (κ2) is 6.80. The lowest BCUT2D eigenvalue weighted by Crippen LogP contribution is -2.21. The van der Waals surface area contributed by atoms with Crippen molar-refractivity contribution in [1.29, 1.82) is 5.26 Å². The van der Waals surface area contributed by atoms with Gasteiger partial charge in [-0.1, -0.05) is 12.1 Å². The minimum absolute atomic E-state index is 0.466. The number of nitrogens with zero attached hydrogens (tertiary/aromatic N) is 2. The van der Waals surface area contributed by atoms with E-state index in [4.69, 9.17) is 5.26 Å². The van der Waals surface area contributed by atoms with Crippen LogP contribution >= 0.6 is 0 Å². The average molecular weight is 267 g/mol. The Morgan fingerprint density at radius 2 is 2.05 bits per heavy atom. The second-order valence-electron chi connectivity index (χ2n) is 4.68. The first kappa shape index (κ1) is 14.2. The van der Waals surface area contributed by atoms with Crippen molar-refractivity contribution in [3.63, 3.8) is 0 Å². The number of aryl methyl sites for hydroxylation is 1. The third-order valence-corrected chi connectivity index (χ3v) is 3.21. The molecule has 1 atom stereocenters. The van der Waals surface area contributed by atoms with E-state index in [9.17, 15) is 5.11 Å². The number of hydrogen-bond donors (Lipinski definition) is 2. The fourth-order valence-electron chi connectivity index (χ4n) is 1.94. The SMILES string of the molecule is Cc1cnccc1CNCC(O)c1ccc(C#N)cc1. The summed E-state index contributed by atoms with van der Waals surface area (Å²) in [5.74, 6) is 0. The van der Waals surface area contributed by atoms with E-state index in [1.165, 1.54) is 5.56 Å². The Morgan fingerprint density at radius 1 is 1.30 bits per heavy atom. The number of aromatic nitrogens is 1. The standard InChI is InChI=1S/C16H17N3O/c1-12-9-18-7-6-15(12)10-19-11-16(20)14-4-2-13(8-17)3-5-14/h2-7,9,16,19-20H,10-11H2,1H3. The number of nitriles is 1. The van der Waals surface area contributed by atoms with Crippen molar-refractivity contribution in [3.8, 4) is 6.07 Å². The molecule has 0 saturated heterocycles. The molecule has 2 N–H and O–H groups in total. The van der Waals surface area contributed by atoms with Crippen LogP contribution in [0.15, 0.2) is 42.7 Å². The van der Waals surface area contributed by atoms with Gasteiger partial charge in [-0.2, -0.15) is 5.26 Å². The van der Waals surface area contributed by atoms with E-state index in [2.05, 4.69) is 16.4 Å². The molecular formula is C16H17N3O. The molecule has 2 rings (SSSR count). The van der Waals surface area contributed by atoms with Crippen molar-refractivity contribution in [2.45, 2.75) is 19.6 Å². The summed E-state index contributed by atoms with van der Waals surface area (Å²) in [4.78, 5) is 4.05. The average Bonchev–Trinajstić information content (AvgIpc) is 2.49. The number of pyridine rings is 1. The third kappa shape index (κ3) is 3.64. The predicted molar refractivity (Wildman–Crippen MR) is 76.8 cm³/mol. The van der Waals surface area contributed by atoms with Gasteiger partial charge in [-0.15, -0.1) is 0 Å². The first-order valence-electron chi connectivity index (χ1n) is 6.49. The molecule has 0 aliphatic carbocycles. The molecule has 0 fully saturated rings. The highest BCUT2D eigenvalue weighted by Crippen LogP contribution is 2.13. The van der Waals surface area contributed by atoms with Gasteiger partial charge in [0, 0.05) is 25.5 Å². The van der Waals surface area contributed by atoms with Gasteiger partial charge in [-0.05, 0) is 41.8 Å². The van der Waals surface area contributed by atoms with Gasteiger partial charge in [-0.25, -0.2) is 0 Å². The van der Waals surface area contributed by atoms with Gasteiger partial charge in [-0.3, -0.25) is 4.98 Å². The van der Waals surface area contributed by atoms with Gasteiger partial charge < -0.3 is 10.4 Å². The Kier molecular flexibility index (Phi) is 4.83. The van der Waals surface area contributed by atoms with E-state index in [1.54, 1.807) is 30.5 Å². The summed E-state index contributed by atoms with van der Waals surface area (Å²) in [7, 11) is 0. The lowest BCUT2D eigenvalue weighted by Gasteiger charge is -2.13. The maximum atomic E-state index is 10.1. The molecule has 0 amide bonds. The van der Waals surface area contributed by atoms with E-state index < -0.39 is 6.10 Å². The Hall–Kier alpha value is -2.22. The lowest BCUT2D eigenvalue weighted by molar-refractivity contribution is 0.174. The zero-order valence-electron chi connectivity index (χ0n) is 11.4. The van der Waals surface area contributed by atoms with Crippen molar-refractivity contribution >= 4 is 0 Å². The second-order valence-corrected chi connectivity index (χ2v) is 4.68. The highest BCUT2D eigenvalue weighted by atomic mass is 16.3. The van der Waals surface area contributed by atoms with Crippen LogP contribution in [0.25, 0.3) is 0 Å². The van der Waals surface area contributed by atoms with Crippen molar-refractivity contribution in [1.82, 2.24) is 10.3 Å². The van der Waals surface area contributed by atoms with E-state index in [0.29, 0.717) is 18.7 Å². The van der Waals surface area contributed by atoms with Crippen LogP contribution in [0.4, 0.5) is 0 Å². The molecule has 0 aliphatic heterocycles. The predicted octanol–water partition coefficient (Wildman–Crippen LogP) is 2.08. The molecule has 4 nitrogen and oxygen atoms in total. The number of nitrogens with one attached hydrogen (secondary N) is 1. The monoisotopic (exact) mass is 267 g/mol. The molecule has 0 saturated carbocycles. The lowest BCUT2D eigenvalue weighted by atomic mass is 10.1. The molecule has 0 radical (unpaired) electrons. The van der Waals surface area contributed by atoms with Crippen LogP contribution in [0.5, 0.6) is 0 Å². The van der Waals surface area contributed by atoms with E-state index in [-0.39, 0.29) is 0 Å². The van der Waals surface area contributed by atoms with Gasteiger partial charge in [0.15, 0.2) is 0 Å². The van der Waals surface area contributed by atoms with E-state index in [1.807, 2.05) is 19.2 Å². The van der Waals surface area contributed by atoms with Crippen LogP contribution in [-0.4, -0.2) is 16.6 Å². The molecule has 1 heterocycles. The molecule has 0 bridgehead atoms. The molecule has 0 spiro atoms. The van der Waals surface area contributed by atoms with Crippen molar-refractivity contribution in [3.05, 3.63) is 65.0 Å². The van der Waals surface area contributed by atoms with Gasteiger partial charge >= 0.3 is 0 Å². The zero-order valence-corrected chi connectivity index (χ0v) is 11.4. The van der Waals surface area contributed by atoms with Crippen molar-refractivity contribution in [2.75, 3.05) is 6.54 Å². The first-order valence-corrected chi connectivity index (χ1v) is 6.49. The maximum Gasteiger partial charge on any atom is 0.0991 e. The van der Waals surface area contributed by atoms with Crippen LogP contribution in [0.2, 0.25) is 0 Å². The number of aliphatic hydroxyl groups excluding tert-OH is 1. The maximum absolute atomic E-state index is 10.1. The van der Waals surface area contributed by atoms with Crippen molar-refractivity contribution in [2.24, 2.45) is 0 Å². The Bertz CT molecular complexity index is 602. The quantitative estimate of drug-likeness (QED) is 0.870. The van der Waals surface area contributed by atoms with E-state index >= 15 is 0 Å². The Labute approximate surface area is 118 Å². The van der Waals surface area contributed by atoms with Gasteiger partial charge in [0.05, 0.1) is 17.7 Å². The molecule has 2 aromatic rings. The number of rotatable bonds is 5. The minimum atomic E-state index is -0.579.